The van der Waals surface area contributed by atoms with Crippen LogP contribution in [0.1, 0.15) is 41.2 Å². The number of benzene rings is 1. The lowest BCUT2D eigenvalue weighted by Crippen LogP contribution is -2.02. The molecule has 2 rings (SSSR count). The number of hydrogen-bond donors (Lipinski definition) is 1. The highest BCUT2D eigenvalue weighted by Crippen LogP contribution is 2.40. The first-order chi connectivity index (χ1) is 7.18. The normalized spacial score (nSPS) is 21.6. The zero-order valence-corrected chi connectivity index (χ0v) is 10.2. The van der Waals surface area contributed by atoms with Crippen LogP contribution in [0.15, 0.2) is 12.1 Å². The molecule has 15 heavy (non-hydrogen) atoms. The van der Waals surface area contributed by atoms with Crippen molar-refractivity contribution in [3.8, 4) is 5.75 Å². The van der Waals surface area contributed by atoms with Crippen LogP contribution in [-0.4, -0.2) is 10.9 Å². The molecule has 2 heteroatoms. The van der Waals surface area contributed by atoms with Gasteiger partial charge in [-0.1, -0.05) is 18.6 Å². The first-order valence-corrected chi connectivity index (χ1v) is 6.65. The topological polar surface area (TPSA) is 20.2 Å². The van der Waals surface area contributed by atoms with E-state index >= 15 is 0 Å². The zero-order valence-electron chi connectivity index (χ0n) is 9.42. The molecule has 1 nitrogen and oxygen atoms in total. The molecule has 1 saturated heterocycles. The quantitative estimate of drug-likeness (QED) is 0.776. The fraction of sp³-hybridized carbons (Fsp3) is 0.538. The summed E-state index contributed by atoms with van der Waals surface area (Å²) < 4.78 is 0. The van der Waals surface area contributed by atoms with Crippen molar-refractivity contribution >= 4 is 11.8 Å². The lowest BCUT2D eigenvalue weighted by molar-refractivity contribution is 0.466. The summed E-state index contributed by atoms with van der Waals surface area (Å²) in [5, 5.41) is 10.4. The molecule has 0 radical (unpaired) electrons. The van der Waals surface area contributed by atoms with Gasteiger partial charge >= 0.3 is 0 Å². The van der Waals surface area contributed by atoms with Crippen LogP contribution in [0, 0.1) is 13.8 Å². The minimum Gasteiger partial charge on any atom is -0.507 e. The van der Waals surface area contributed by atoms with Crippen LogP contribution in [0.3, 0.4) is 0 Å². The summed E-state index contributed by atoms with van der Waals surface area (Å²) in [7, 11) is 0. The highest BCUT2D eigenvalue weighted by Gasteiger charge is 2.17. The van der Waals surface area contributed by atoms with Crippen LogP contribution in [-0.2, 0) is 0 Å². The van der Waals surface area contributed by atoms with Gasteiger partial charge in [0.05, 0.1) is 0 Å². The smallest absolute Gasteiger partial charge is 0.121 e. The Labute approximate surface area is 95.9 Å². The molecular weight excluding hydrogens is 204 g/mol. The molecule has 1 N–H and O–H groups in total. The number of thioether (sulfide) groups is 1. The molecule has 1 aliphatic rings. The Balaban J connectivity index is 2.27. The average molecular weight is 222 g/mol. The van der Waals surface area contributed by atoms with E-state index in [1.54, 1.807) is 0 Å². The van der Waals surface area contributed by atoms with Crippen molar-refractivity contribution < 1.29 is 5.11 Å². The van der Waals surface area contributed by atoms with Crippen molar-refractivity contribution in [3.63, 3.8) is 0 Å². The van der Waals surface area contributed by atoms with Crippen LogP contribution in [0.25, 0.3) is 0 Å². The Bertz CT molecular complexity index is 331. The first kappa shape index (κ1) is 10.9. The number of aryl methyl sites for hydroxylation is 2. The van der Waals surface area contributed by atoms with Gasteiger partial charge in [0.15, 0.2) is 0 Å². The van der Waals surface area contributed by atoms with Crippen molar-refractivity contribution in [1.29, 1.82) is 0 Å². The molecule has 0 aliphatic carbocycles. The lowest BCUT2D eigenvalue weighted by atomic mass is 10.0. The Morgan fingerprint density at radius 2 is 1.87 bits per heavy atom. The van der Waals surface area contributed by atoms with Gasteiger partial charge in [-0.05, 0) is 49.1 Å². The van der Waals surface area contributed by atoms with Gasteiger partial charge < -0.3 is 5.11 Å². The second kappa shape index (κ2) is 4.48. The minimum atomic E-state index is 0.458. The summed E-state index contributed by atoms with van der Waals surface area (Å²) in [6.45, 7) is 3.97. The third-order valence-corrected chi connectivity index (χ3v) is 4.50. The maximum Gasteiger partial charge on any atom is 0.121 e. The third kappa shape index (κ3) is 2.31. The molecule has 1 aromatic carbocycles. The molecule has 1 unspecified atom stereocenters. The van der Waals surface area contributed by atoms with E-state index < -0.39 is 0 Å². The molecular formula is C13H18OS. The molecule has 1 aromatic rings. The van der Waals surface area contributed by atoms with Crippen LogP contribution >= 0.6 is 11.8 Å². The summed E-state index contributed by atoms with van der Waals surface area (Å²) in [6.07, 6.45) is 3.99. The van der Waals surface area contributed by atoms with Gasteiger partial charge in [-0.15, -0.1) is 0 Å². The number of phenols is 1. The van der Waals surface area contributed by atoms with Crippen LogP contribution in [0.2, 0.25) is 0 Å². The van der Waals surface area contributed by atoms with Crippen molar-refractivity contribution in [1.82, 2.24) is 0 Å². The van der Waals surface area contributed by atoms with Crippen molar-refractivity contribution in [3.05, 3.63) is 28.8 Å². The molecule has 1 fully saturated rings. The van der Waals surface area contributed by atoms with E-state index in [0.29, 0.717) is 11.0 Å². The Hall–Kier alpha value is -0.630. The molecule has 1 atom stereocenters. The lowest BCUT2D eigenvalue weighted by Gasteiger charge is -2.22. The van der Waals surface area contributed by atoms with Crippen molar-refractivity contribution in [2.24, 2.45) is 0 Å². The summed E-state index contributed by atoms with van der Waals surface area (Å²) in [5.74, 6) is 1.74. The van der Waals surface area contributed by atoms with E-state index in [4.69, 9.17) is 0 Å². The molecule has 0 bridgehead atoms. The molecule has 0 amide bonds. The fourth-order valence-corrected chi connectivity index (χ4v) is 3.50. The third-order valence-electron chi connectivity index (χ3n) is 3.06. The number of hydrogen-bond acceptors (Lipinski definition) is 2. The van der Waals surface area contributed by atoms with Gasteiger partial charge in [-0.25, -0.2) is 0 Å². The fourth-order valence-electron chi connectivity index (χ4n) is 2.18. The number of aromatic hydroxyl groups is 1. The van der Waals surface area contributed by atoms with Crippen molar-refractivity contribution in [2.45, 2.75) is 38.4 Å². The Kier molecular flexibility index (Phi) is 3.25. The summed E-state index contributed by atoms with van der Waals surface area (Å²) >= 11 is 2.06. The van der Waals surface area contributed by atoms with Gasteiger partial charge in [0.1, 0.15) is 5.75 Å². The predicted octanol–water partition coefficient (Wildman–Crippen LogP) is 3.97. The van der Waals surface area contributed by atoms with E-state index in [1.807, 2.05) is 13.8 Å². The molecule has 1 heterocycles. The monoisotopic (exact) mass is 222 g/mol. The van der Waals surface area contributed by atoms with Gasteiger partial charge in [0.25, 0.3) is 0 Å². The maximum absolute atomic E-state index is 9.72. The molecule has 0 saturated carbocycles. The highest BCUT2D eigenvalue weighted by atomic mass is 32.2. The summed E-state index contributed by atoms with van der Waals surface area (Å²) in [4.78, 5) is 0. The second-order valence-electron chi connectivity index (χ2n) is 4.36. The van der Waals surface area contributed by atoms with Gasteiger partial charge in [0.2, 0.25) is 0 Å². The van der Waals surface area contributed by atoms with E-state index in [2.05, 4.69) is 23.9 Å². The first-order valence-electron chi connectivity index (χ1n) is 5.60. The largest absolute Gasteiger partial charge is 0.507 e. The molecule has 1 aliphatic heterocycles. The van der Waals surface area contributed by atoms with Crippen LogP contribution in [0.5, 0.6) is 5.75 Å². The van der Waals surface area contributed by atoms with E-state index in [-0.39, 0.29) is 0 Å². The van der Waals surface area contributed by atoms with Gasteiger partial charge in [-0.3, -0.25) is 0 Å². The van der Waals surface area contributed by atoms with Crippen LogP contribution in [0.4, 0.5) is 0 Å². The molecule has 82 valence electrons. The van der Waals surface area contributed by atoms with E-state index in [9.17, 15) is 5.11 Å². The maximum atomic E-state index is 9.72. The zero-order chi connectivity index (χ0) is 10.8. The minimum absolute atomic E-state index is 0.458. The predicted molar refractivity (Wildman–Crippen MR) is 66.6 cm³/mol. The average Bonchev–Trinajstić information content (AvgIpc) is 2.26. The number of phenolic OH excluding ortho intramolecular Hbond substituents is 1. The van der Waals surface area contributed by atoms with Crippen molar-refractivity contribution in [2.75, 3.05) is 5.75 Å². The standard InChI is InChI=1S/C13H18OS/c1-9-7-11(8-10(2)13(9)14)12-5-3-4-6-15-12/h7-8,12,14H,3-6H2,1-2H3. The summed E-state index contributed by atoms with van der Waals surface area (Å²) in [6, 6.07) is 4.29. The molecule has 0 aromatic heterocycles. The second-order valence-corrected chi connectivity index (χ2v) is 5.67. The number of rotatable bonds is 1. The Morgan fingerprint density at radius 3 is 2.40 bits per heavy atom. The van der Waals surface area contributed by atoms with Crippen LogP contribution < -0.4 is 0 Å². The van der Waals surface area contributed by atoms with Gasteiger partial charge in [-0.2, -0.15) is 11.8 Å². The SMILES string of the molecule is Cc1cc(C2CCCCS2)cc(C)c1O. The van der Waals surface area contributed by atoms with E-state index in [0.717, 1.165) is 11.1 Å². The van der Waals surface area contributed by atoms with Gasteiger partial charge in [0, 0.05) is 5.25 Å². The highest BCUT2D eigenvalue weighted by molar-refractivity contribution is 7.99. The molecule has 0 spiro atoms. The van der Waals surface area contributed by atoms with E-state index in [1.165, 1.54) is 30.6 Å². The Morgan fingerprint density at radius 1 is 1.20 bits per heavy atom. The summed E-state index contributed by atoms with van der Waals surface area (Å²) in [5.41, 5.74) is 3.42.